The van der Waals surface area contributed by atoms with E-state index >= 15 is 0 Å². The minimum atomic E-state index is 0.0927. The number of halogens is 1. The SMILES string of the molecule is CC1(C)CN(c2ccc(C#N)cc2Cl)CCN1. The van der Waals surface area contributed by atoms with Crippen LogP contribution in [0.1, 0.15) is 19.4 Å². The van der Waals surface area contributed by atoms with Crippen LogP contribution in [0.5, 0.6) is 0 Å². The van der Waals surface area contributed by atoms with E-state index in [9.17, 15) is 0 Å². The Labute approximate surface area is 107 Å². The van der Waals surface area contributed by atoms with Gasteiger partial charge in [0.2, 0.25) is 0 Å². The smallest absolute Gasteiger partial charge is 0.0992 e. The fourth-order valence-electron chi connectivity index (χ4n) is 2.18. The van der Waals surface area contributed by atoms with E-state index in [4.69, 9.17) is 16.9 Å². The van der Waals surface area contributed by atoms with Crippen LogP contribution in [0.15, 0.2) is 18.2 Å². The minimum Gasteiger partial charge on any atom is -0.367 e. The summed E-state index contributed by atoms with van der Waals surface area (Å²) >= 11 is 6.22. The molecular formula is C13H16ClN3. The van der Waals surface area contributed by atoms with Gasteiger partial charge in [0, 0.05) is 25.2 Å². The molecule has 1 aromatic rings. The second-order valence-electron chi connectivity index (χ2n) is 5.01. The maximum Gasteiger partial charge on any atom is 0.0992 e. The summed E-state index contributed by atoms with van der Waals surface area (Å²) in [6.45, 7) is 7.16. The molecule has 1 fully saturated rings. The third-order valence-corrected chi connectivity index (χ3v) is 3.29. The summed E-state index contributed by atoms with van der Waals surface area (Å²) in [5.41, 5.74) is 1.71. The second kappa shape index (κ2) is 4.56. The molecule has 0 saturated carbocycles. The molecule has 0 spiro atoms. The van der Waals surface area contributed by atoms with Crippen molar-refractivity contribution >= 4 is 17.3 Å². The molecule has 0 unspecified atom stereocenters. The molecular weight excluding hydrogens is 234 g/mol. The highest BCUT2D eigenvalue weighted by molar-refractivity contribution is 6.33. The van der Waals surface area contributed by atoms with Gasteiger partial charge in [-0.05, 0) is 32.0 Å². The van der Waals surface area contributed by atoms with E-state index in [1.807, 2.05) is 12.1 Å². The predicted octanol–water partition coefficient (Wildman–Crippen LogP) is 2.40. The summed E-state index contributed by atoms with van der Waals surface area (Å²) in [5, 5.41) is 12.9. The van der Waals surface area contributed by atoms with E-state index < -0.39 is 0 Å². The molecule has 1 N–H and O–H groups in total. The standard InChI is InChI=1S/C13H16ClN3/c1-13(2)9-17(6-5-16-13)12-4-3-10(8-15)7-11(12)14/h3-4,7,16H,5-6,9H2,1-2H3. The van der Waals surface area contributed by atoms with Gasteiger partial charge in [0.25, 0.3) is 0 Å². The van der Waals surface area contributed by atoms with E-state index in [2.05, 4.69) is 30.1 Å². The number of anilines is 1. The van der Waals surface area contributed by atoms with Gasteiger partial charge in [-0.2, -0.15) is 5.26 Å². The van der Waals surface area contributed by atoms with E-state index in [0.717, 1.165) is 25.3 Å². The predicted molar refractivity (Wildman–Crippen MR) is 70.5 cm³/mol. The summed E-state index contributed by atoms with van der Waals surface area (Å²) in [5.74, 6) is 0. The van der Waals surface area contributed by atoms with Crippen LogP contribution in [0, 0.1) is 11.3 Å². The van der Waals surface area contributed by atoms with Gasteiger partial charge in [0.05, 0.1) is 22.3 Å². The zero-order chi connectivity index (χ0) is 12.5. The van der Waals surface area contributed by atoms with Crippen molar-refractivity contribution in [2.24, 2.45) is 0 Å². The molecule has 90 valence electrons. The van der Waals surface area contributed by atoms with Crippen molar-refractivity contribution in [1.29, 1.82) is 5.26 Å². The first-order valence-electron chi connectivity index (χ1n) is 5.71. The van der Waals surface area contributed by atoms with Crippen LogP contribution in [0.2, 0.25) is 5.02 Å². The van der Waals surface area contributed by atoms with Crippen LogP contribution in [0.25, 0.3) is 0 Å². The molecule has 1 aliphatic heterocycles. The van der Waals surface area contributed by atoms with Gasteiger partial charge in [-0.3, -0.25) is 0 Å². The lowest BCUT2D eigenvalue weighted by Crippen LogP contribution is -2.57. The van der Waals surface area contributed by atoms with Crippen LogP contribution in [-0.4, -0.2) is 25.2 Å². The van der Waals surface area contributed by atoms with E-state index in [1.165, 1.54) is 0 Å². The number of hydrogen-bond acceptors (Lipinski definition) is 3. The lowest BCUT2D eigenvalue weighted by Gasteiger charge is -2.40. The van der Waals surface area contributed by atoms with Crippen LogP contribution in [-0.2, 0) is 0 Å². The highest BCUT2D eigenvalue weighted by Crippen LogP contribution is 2.28. The van der Waals surface area contributed by atoms with Crippen molar-refractivity contribution in [3.8, 4) is 6.07 Å². The summed E-state index contributed by atoms with van der Waals surface area (Å²) in [7, 11) is 0. The van der Waals surface area contributed by atoms with Crippen LogP contribution in [0.4, 0.5) is 5.69 Å². The van der Waals surface area contributed by atoms with E-state index in [-0.39, 0.29) is 5.54 Å². The Hall–Kier alpha value is -1.24. The Bertz CT molecular complexity index is 462. The first kappa shape index (κ1) is 12.2. The first-order valence-corrected chi connectivity index (χ1v) is 6.09. The largest absolute Gasteiger partial charge is 0.367 e. The molecule has 0 amide bonds. The van der Waals surface area contributed by atoms with Gasteiger partial charge in [0.1, 0.15) is 0 Å². The summed E-state index contributed by atoms with van der Waals surface area (Å²) in [4.78, 5) is 2.26. The lowest BCUT2D eigenvalue weighted by atomic mass is 10.0. The fourth-order valence-corrected chi connectivity index (χ4v) is 2.48. The topological polar surface area (TPSA) is 39.1 Å². The average Bonchev–Trinajstić information content (AvgIpc) is 2.27. The molecule has 0 aliphatic carbocycles. The molecule has 17 heavy (non-hydrogen) atoms. The Kier molecular flexibility index (Phi) is 3.28. The number of nitrogens with one attached hydrogen (secondary N) is 1. The maximum atomic E-state index is 8.81. The quantitative estimate of drug-likeness (QED) is 0.831. The van der Waals surface area contributed by atoms with Crippen LogP contribution in [0.3, 0.4) is 0 Å². The number of nitrogens with zero attached hydrogens (tertiary/aromatic N) is 2. The number of nitriles is 1. The van der Waals surface area contributed by atoms with E-state index in [1.54, 1.807) is 6.07 Å². The summed E-state index contributed by atoms with van der Waals surface area (Å²) < 4.78 is 0. The third kappa shape index (κ3) is 2.71. The van der Waals surface area contributed by atoms with Gasteiger partial charge < -0.3 is 10.2 Å². The second-order valence-corrected chi connectivity index (χ2v) is 5.42. The van der Waals surface area contributed by atoms with Crippen molar-refractivity contribution in [2.75, 3.05) is 24.5 Å². The van der Waals surface area contributed by atoms with Gasteiger partial charge in [0.15, 0.2) is 0 Å². The average molecular weight is 250 g/mol. The molecule has 0 bridgehead atoms. The minimum absolute atomic E-state index is 0.0927. The van der Waals surface area contributed by atoms with Crippen LogP contribution < -0.4 is 10.2 Å². The normalized spacial score (nSPS) is 18.8. The molecule has 0 radical (unpaired) electrons. The number of piperazine rings is 1. The molecule has 1 aliphatic rings. The number of rotatable bonds is 1. The monoisotopic (exact) mass is 249 g/mol. The molecule has 3 nitrogen and oxygen atoms in total. The highest BCUT2D eigenvalue weighted by atomic mass is 35.5. The summed E-state index contributed by atoms with van der Waals surface area (Å²) in [6, 6.07) is 7.58. The van der Waals surface area contributed by atoms with E-state index in [0.29, 0.717) is 10.6 Å². The van der Waals surface area contributed by atoms with Crippen molar-refractivity contribution < 1.29 is 0 Å². The van der Waals surface area contributed by atoms with Gasteiger partial charge in [-0.25, -0.2) is 0 Å². The Morgan fingerprint density at radius 1 is 1.47 bits per heavy atom. The third-order valence-electron chi connectivity index (χ3n) is 2.99. The molecule has 0 atom stereocenters. The molecule has 1 saturated heterocycles. The first-order chi connectivity index (χ1) is 8.02. The molecule has 1 heterocycles. The lowest BCUT2D eigenvalue weighted by molar-refractivity contribution is 0.353. The Balaban J connectivity index is 2.26. The number of benzene rings is 1. The zero-order valence-corrected chi connectivity index (χ0v) is 10.9. The van der Waals surface area contributed by atoms with Crippen molar-refractivity contribution in [1.82, 2.24) is 5.32 Å². The highest BCUT2D eigenvalue weighted by Gasteiger charge is 2.26. The molecule has 4 heteroatoms. The van der Waals surface area contributed by atoms with Crippen molar-refractivity contribution in [3.63, 3.8) is 0 Å². The molecule has 1 aromatic carbocycles. The van der Waals surface area contributed by atoms with Crippen molar-refractivity contribution in [3.05, 3.63) is 28.8 Å². The Morgan fingerprint density at radius 2 is 2.24 bits per heavy atom. The van der Waals surface area contributed by atoms with Gasteiger partial charge in [-0.1, -0.05) is 11.6 Å². The molecule has 0 aromatic heterocycles. The molecule has 2 rings (SSSR count). The Morgan fingerprint density at radius 3 is 2.82 bits per heavy atom. The maximum absolute atomic E-state index is 8.81. The zero-order valence-electron chi connectivity index (χ0n) is 10.1. The summed E-state index contributed by atoms with van der Waals surface area (Å²) in [6.07, 6.45) is 0. The van der Waals surface area contributed by atoms with Gasteiger partial charge in [-0.15, -0.1) is 0 Å². The number of hydrogen-bond donors (Lipinski definition) is 1. The van der Waals surface area contributed by atoms with Crippen LogP contribution >= 0.6 is 11.6 Å². The fraction of sp³-hybridized carbons (Fsp3) is 0.462. The van der Waals surface area contributed by atoms with Crippen molar-refractivity contribution in [2.45, 2.75) is 19.4 Å². The van der Waals surface area contributed by atoms with Gasteiger partial charge >= 0.3 is 0 Å².